The molecule has 17 heavy (non-hydrogen) atoms. The Labute approximate surface area is 102 Å². The van der Waals surface area contributed by atoms with Gasteiger partial charge in [0.05, 0.1) is 16.7 Å². The Morgan fingerprint density at radius 1 is 1.35 bits per heavy atom. The predicted octanol–water partition coefficient (Wildman–Crippen LogP) is 3.49. The standard InChI is InChI=1S/C12H7ClFN3/c13-9-5-11(14)12(16-7-9)17-10-3-1-2-8(4-10)6-15/h1-5,7H,(H,16,17). The molecule has 0 aliphatic carbocycles. The van der Waals surface area contributed by atoms with E-state index in [1.54, 1.807) is 24.3 Å². The second-order valence-electron chi connectivity index (χ2n) is 3.30. The Balaban J connectivity index is 2.28. The summed E-state index contributed by atoms with van der Waals surface area (Å²) < 4.78 is 13.4. The molecule has 3 nitrogen and oxygen atoms in total. The summed E-state index contributed by atoms with van der Waals surface area (Å²) in [7, 11) is 0. The zero-order chi connectivity index (χ0) is 12.3. The fraction of sp³-hybridized carbons (Fsp3) is 0. The molecule has 0 radical (unpaired) electrons. The monoisotopic (exact) mass is 247 g/mol. The van der Waals surface area contributed by atoms with E-state index in [2.05, 4.69) is 10.3 Å². The van der Waals surface area contributed by atoms with Gasteiger partial charge in [0.2, 0.25) is 0 Å². The maximum Gasteiger partial charge on any atom is 0.167 e. The molecule has 1 heterocycles. The van der Waals surface area contributed by atoms with Crippen LogP contribution < -0.4 is 5.32 Å². The number of benzene rings is 1. The molecule has 2 aromatic rings. The smallest absolute Gasteiger partial charge is 0.167 e. The minimum atomic E-state index is -0.542. The molecule has 1 N–H and O–H groups in total. The van der Waals surface area contributed by atoms with Crippen LogP contribution in [-0.2, 0) is 0 Å². The zero-order valence-corrected chi connectivity index (χ0v) is 9.37. The van der Waals surface area contributed by atoms with E-state index in [1.807, 2.05) is 6.07 Å². The van der Waals surface area contributed by atoms with E-state index in [0.29, 0.717) is 11.3 Å². The fourth-order valence-electron chi connectivity index (χ4n) is 1.31. The molecule has 2 rings (SSSR count). The molecular formula is C12H7ClFN3. The molecule has 0 spiro atoms. The molecule has 0 amide bonds. The van der Waals surface area contributed by atoms with Crippen molar-refractivity contribution < 1.29 is 4.39 Å². The molecule has 84 valence electrons. The molecular weight excluding hydrogens is 241 g/mol. The lowest BCUT2D eigenvalue weighted by Crippen LogP contribution is -1.97. The summed E-state index contributed by atoms with van der Waals surface area (Å²) in [4.78, 5) is 3.83. The second kappa shape index (κ2) is 4.81. The molecule has 0 fully saturated rings. The van der Waals surface area contributed by atoms with Crippen molar-refractivity contribution in [2.24, 2.45) is 0 Å². The van der Waals surface area contributed by atoms with Crippen LogP contribution in [-0.4, -0.2) is 4.98 Å². The first kappa shape index (κ1) is 11.4. The normalized spacial score (nSPS) is 9.71. The number of hydrogen-bond acceptors (Lipinski definition) is 3. The Morgan fingerprint density at radius 2 is 2.18 bits per heavy atom. The molecule has 0 atom stereocenters. The molecule has 5 heteroatoms. The zero-order valence-electron chi connectivity index (χ0n) is 8.61. The third-order valence-corrected chi connectivity index (χ3v) is 2.27. The summed E-state index contributed by atoms with van der Waals surface area (Å²) >= 11 is 5.59. The van der Waals surface area contributed by atoms with Gasteiger partial charge in [-0.25, -0.2) is 9.37 Å². The first-order valence-corrected chi connectivity index (χ1v) is 5.15. The maximum atomic E-state index is 13.4. The molecule has 0 saturated carbocycles. The number of anilines is 2. The minimum Gasteiger partial charge on any atom is -0.338 e. The molecule has 1 aromatic heterocycles. The van der Waals surface area contributed by atoms with Gasteiger partial charge >= 0.3 is 0 Å². The van der Waals surface area contributed by atoms with E-state index in [0.717, 1.165) is 0 Å². The van der Waals surface area contributed by atoms with Crippen molar-refractivity contribution >= 4 is 23.1 Å². The fourth-order valence-corrected chi connectivity index (χ4v) is 1.45. The molecule has 0 bridgehead atoms. The minimum absolute atomic E-state index is 0.0736. The van der Waals surface area contributed by atoms with E-state index < -0.39 is 5.82 Å². The summed E-state index contributed by atoms with van der Waals surface area (Å²) in [6.07, 6.45) is 1.35. The number of nitrogens with zero attached hydrogens (tertiary/aromatic N) is 2. The van der Waals surface area contributed by atoms with Gasteiger partial charge in [0.15, 0.2) is 11.6 Å². The number of nitriles is 1. The van der Waals surface area contributed by atoms with E-state index >= 15 is 0 Å². The summed E-state index contributed by atoms with van der Waals surface area (Å²) in [5.41, 5.74) is 1.09. The number of rotatable bonds is 2. The van der Waals surface area contributed by atoms with Crippen molar-refractivity contribution in [1.29, 1.82) is 5.26 Å². The average molecular weight is 248 g/mol. The van der Waals surface area contributed by atoms with Gasteiger partial charge < -0.3 is 5.32 Å². The van der Waals surface area contributed by atoms with Crippen molar-refractivity contribution in [1.82, 2.24) is 4.98 Å². The van der Waals surface area contributed by atoms with Crippen LogP contribution in [0.3, 0.4) is 0 Å². The first-order valence-electron chi connectivity index (χ1n) is 4.77. The summed E-state index contributed by atoms with van der Waals surface area (Å²) in [5.74, 6) is -0.468. The van der Waals surface area contributed by atoms with Gasteiger partial charge in [-0.3, -0.25) is 0 Å². The van der Waals surface area contributed by atoms with E-state index in [4.69, 9.17) is 16.9 Å². The van der Waals surface area contributed by atoms with Crippen LogP contribution in [0.25, 0.3) is 0 Å². The van der Waals surface area contributed by atoms with E-state index in [1.165, 1.54) is 12.3 Å². The highest BCUT2D eigenvalue weighted by Gasteiger charge is 2.05. The predicted molar refractivity (Wildman–Crippen MR) is 63.6 cm³/mol. The Morgan fingerprint density at radius 3 is 2.88 bits per heavy atom. The highest BCUT2D eigenvalue weighted by atomic mass is 35.5. The molecule has 0 aliphatic rings. The Hall–Kier alpha value is -2.12. The van der Waals surface area contributed by atoms with Gasteiger partial charge in [-0.2, -0.15) is 5.26 Å². The van der Waals surface area contributed by atoms with Crippen LogP contribution in [0, 0.1) is 17.1 Å². The Bertz CT molecular complexity index is 593. The SMILES string of the molecule is N#Cc1cccc(Nc2ncc(Cl)cc2F)c1. The topological polar surface area (TPSA) is 48.7 Å². The number of nitrogens with one attached hydrogen (secondary N) is 1. The van der Waals surface area contributed by atoms with Crippen LogP contribution in [0.15, 0.2) is 36.5 Å². The van der Waals surface area contributed by atoms with Crippen molar-refractivity contribution in [2.75, 3.05) is 5.32 Å². The molecule has 1 aromatic carbocycles. The van der Waals surface area contributed by atoms with E-state index in [9.17, 15) is 4.39 Å². The van der Waals surface area contributed by atoms with Gasteiger partial charge in [0, 0.05) is 11.9 Å². The van der Waals surface area contributed by atoms with Gasteiger partial charge in [0.25, 0.3) is 0 Å². The number of halogens is 2. The van der Waals surface area contributed by atoms with Gasteiger partial charge in [-0.15, -0.1) is 0 Å². The number of hydrogen-bond donors (Lipinski definition) is 1. The van der Waals surface area contributed by atoms with Crippen LogP contribution in [0.2, 0.25) is 5.02 Å². The Kier molecular flexibility index (Phi) is 3.22. The average Bonchev–Trinajstić information content (AvgIpc) is 2.33. The maximum absolute atomic E-state index is 13.4. The van der Waals surface area contributed by atoms with Crippen LogP contribution in [0.5, 0.6) is 0 Å². The van der Waals surface area contributed by atoms with Crippen molar-refractivity contribution in [3.63, 3.8) is 0 Å². The van der Waals surface area contributed by atoms with Gasteiger partial charge in [0.1, 0.15) is 0 Å². The highest BCUT2D eigenvalue weighted by molar-refractivity contribution is 6.30. The first-order chi connectivity index (χ1) is 8.19. The lowest BCUT2D eigenvalue weighted by molar-refractivity contribution is 0.626. The number of pyridine rings is 1. The van der Waals surface area contributed by atoms with Gasteiger partial charge in [-0.1, -0.05) is 17.7 Å². The molecule has 0 unspecified atom stereocenters. The van der Waals surface area contributed by atoms with Crippen molar-refractivity contribution in [2.45, 2.75) is 0 Å². The highest BCUT2D eigenvalue weighted by Crippen LogP contribution is 2.20. The second-order valence-corrected chi connectivity index (χ2v) is 3.74. The van der Waals surface area contributed by atoms with Gasteiger partial charge in [-0.05, 0) is 24.3 Å². The summed E-state index contributed by atoms with van der Waals surface area (Å²) in [6.45, 7) is 0. The lowest BCUT2D eigenvalue weighted by atomic mass is 10.2. The van der Waals surface area contributed by atoms with Crippen molar-refractivity contribution in [3.8, 4) is 6.07 Å². The van der Waals surface area contributed by atoms with Crippen LogP contribution in [0.1, 0.15) is 5.56 Å². The largest absolute Gasteiger partial charge is 0.338 e. The molecule has 0 aliphatic heterocycles. The van der Waals surface area contributed by atoms with Crippen LogP contribution in [0.4, 0.5) is 15.9 Å². The van der Waals surface area contributed by atoms with Crippen LogP contribution >= 0.6 is 11.6 Å². The quantitative estimate of drug-likeness (QED) is 0.884. The van der Waals surface area contributed by atoms with E-state index in [-0.39, 0.29) is 10.8 Å². The third kappa shape index (κ3) is 2.71. The van der Waals surface area contributed by atoms with Crippen molar-refractivity contribution in [3.05, 3.63) is 52.9 Å². The summed E-state index contributed by atoms with van der Waals surface area (Å²) in [5, 5.41) is 11.7. The third-order valence-electron chi connectivity index (χ3n) is 2.06. The lowest BCUT2D eigenvalue weighted by Gasteiger charge is -2.06. The molecule has 0 saturated heterocycles. The summed E-state index contributed by atoms with van der Waals surface area (Å²) in [6, 6.07) is 9.87. The number of aromatic nitrogens is 1.